The monoisotopic (exact) mass is 367 g/mol. The Hall–Kier alpha value is 0.0500. The van der Waals surface area contributed by atoms with Crippen LogP contribution in [0.15, 0.2) is 14.7 Å². The van der Waals surface area contributed by atoms with E-state index in [0.29, 0.717) is 17.7 Å². The van der Waals surface area contributed by atoms with Gasteiger partial charge in [0, 0.05) is 4.88 Å². The number of rotatable bonds is 4. The van der Waals surface area contributed by atoms with E-state index in [1.54, 1.807) is 13.0 Å². The van der Waals surface area contributed by atoms with Crippen LogP contribution >= 0.6 is 27.3 Å². The third-order valence-electron chi connectivity index (χ3n) is 3.60. The number of aliphatic hydroxyl groups excluding tert-OH is 1. The van der Waals surface area contributed by atoms with Crippen molar-refractivity contribution in [2.45, 2.75) is 49.5 Å². The first-order chi connectivity index (χ1) is 8.88. The molecule has 2 N–H and O–H groups in total. The molecular weight excluding hydrogens is 350 g/mol. The molecule has 0 spiro atoms. The normalized spacial score (nSPS) is 19.5. The van der Waals surface area contributed by atoms with Gasteiger partial charge in [-0.3, -0.25) is 0 Å². The van der Waals surface area contributed by atoms with Gasteiger partial charge in [0.1, 0.15) is 0 Å². The number of hydrogen-bond acceptors (Lipinski definition) is 4. The van der Waals surface area contributed by atoms with Crippen molar-refractivity contribution >= 4 is 37.3 Å². The minimum Gasteiger partial charge on any atom is -0.394 e. The molecule has 0 atom stereocenters. The molecule has 1 aromatic rings. The smallest absolute Gasteiger partial charge is 0.242 e. The molecule has 7 heteroatoms. The minimum absolute atomic E-state index is 0.142. The summed E-state index contributed by atoms with van der Waals surface area (Å²) >= 11 is 4.71. The van der Waals surface area contributed by atoms with Crippen LogP contribution in [0, 0.1) is 6.92 Å². The molecule has 19 heavy (non-hydrogen) atoms. The molecular formula is C12H18BrNO3S2. The Labute approximate surface area is 126 Å². The highest BCUT2D eigenvalue weighted by Crippen LogP contribution is 2.33. The maximum absolute atomic E-state index is 12.5. The second-order valence-corrected chi connectivity index (χ2v) is 9.36. The molecule has 0 bridgehead atoms. The maximum atomic E-state index is 12.5. The van der Waals surface area contributed by atoms with Crippen LogP contribution < -0.4 is 4.72 Å². The van der Waals surface area contributed by atoms with Gasteiger partial charge in [-0.05, 0) is 41.8 Å². The lowest BCUT2D eigenvalue weighted by Crippen LogP contribution is -2.52. The topological polar surface area (TPSA) is 66.4 Å². The van der Waals surface area contributed by atoms with Crippen LogP contribution in [0.4, 0.5) is 0 Å². The summed E-state index contributed by atoms with van der Waals surface area (Å²) in [6, 6.07) is 1.62. The summed E-state index contributed by atoms with van der Waals surface area (Å²) in [5.74, 6) is 0. The standard InChI is InChI=1S/C12H18BrNO3S2/c1-9-10(7-11(13)18-9)19(16,17)14-12(8-15)5-3-2-4-6-12/h7,14-15H,2-6,8H2,1H3. The summed E-state index contributed by atoms with van der Waals surface area (Å²) < 4.78 is 28.5. The fraction of sp³-hybridized carbons (Fsp3) is 0.667. The lowest BCUT2D eigenvalue weighted by molar-refractivity contribution is 0.142. The number of aryl methyl sites for hydroxylation is 1. The van der Waals surface area contributed by atoms with Crippen LogP contribution in [0.3, 0.4) is 0 Å². The van der Waals surface area contributed by atoms with Gasteiger partial charge < -0.3 is 5.11 Å². The molecule has 1 aliphatic rings. The van der Waals surface area contributed by atoms with E-state index in [4.69, 9.17) is 0 Å². The number of thiophene rings is 1. The molecule has 108 valence electrons. The average Bonchev–Trinajstić information content (AvgIpc) is 2.70. The molecule has 0 amide bonds. The zero-order valence-electron chi connectivity index (χ0n) is 10.8. The fourth-order valence-corrected chi connectivity index (χ4v) is 6.43. The zero-order valence-corrected chi connectivity index (χ0v) is 14.0. The average molecular weight is 368 g/mol. The number of aliphatic hydroxyl groups is 1. The summed E-state index contributed by atoms with van der Waals surface area (Å²) in [4.78, 5) is 1.06. The van der Waals surface area contributed by atoms with E-state index in [9.17, 15) is 13.5 Å². The molecule has 0 radical (unpaired) electrons. The van der Waals surface area contributed by atoms with Crippen molar-refractivity contribution in [1.29, 1.82) is 0 Å². The van der Waals surface area contributed by atoms with Gasteiger partial charge in [-0.1, -0.05) is 19.3 Å². The summed E-state index contributed by atoms with van der Waals surface area (Å²) in [6.07, 6.45) is 4.41. The third-order valence-corrected chi connectivity index (χ3v) is 6.98. The summed E-state index contributed by atoms with van der Waals surface area (Å²) in [6.45, 7) is 1.65. The van der Waals surface area contributed by atoms with E-state index < -0.39 is 15.6 Å². The number of halogens is 1. The first kappa shape index (κ1) is 15.4. The van der Waals surface area contributed by atoms with Crippen molar-refractivity contribution in [2.24, 2.45) is 0 Å². The largest absolute Gasteiger partial charge is 0.394 e. The van der Waals surface area contributed by atoms with Crippen molar-refractivity contribution in [3.05, 3.63) is 14.7 Å². The van der Waals surface area contributed by atoms with Gasteiger partial charge in [-0.15, -0.1) is 11.3 Å². The first-order valence-corrected chi connectivity index (χ1v) is 9.39. The van der Waals surface area contributed by atoms with Crippen LogP contribution in [0.25, 0.3) is 0 Å². The highest BCUT2D eigenvalue weighted by atomic mass is 79.9. The molecule has 4 nitrogen and oxygen atoms in total. The molecule has 0 aliphatic heterocycles. The van der Waals surface area contributed by atoms with E-state index in [2.05, 4.69) is 20.7 Å². The van der Waals surface area contributed by atoms with Crippen LogP contribution in [0.5, 0.6) is 0 Å². The Morgan fingerprint density at radius 3 is 2.53 bits per heavy atom. The molecule has 0 unspecified atom stereocenters. The van der Waals surface area contributed by atoms with E-state index in [0.717, 1.165) is 27.9 Å². The van der Waals surface area contributed by atoms with E-state index in [-0.39, 0.29) is 6.61 Å². The third kappa shape index (κ3) is 3.39. The molecule has 1 saturated carbocycles. The molecule has 0 saturated heterocycles. The second-order valence-electron chi connectivity index (χ2n) is 5.08. The summed E-state index contributed by atoms with van der Waals surface area (Å²) in [5.41, 5.74) is -0.683. The SMILES string of the molecule is Cc1sc(Br)cc1S(=O)(=O)NC1(CO)CCCCC1. The molecule has 2 rings (SSSR count). The molecule has 1 heterocycles. The number of nitrogens with one attached hydrogen (secondary N) is 1. The minimum atomic E-state index is -3.57. The predicted molar refractivity (Wildman–Crippen MR) is 80.0 cm³/mol. The van der Waals surface area contributed by atoms with Crippen molar-refractivity contribution in [3.63, 3.8) is 0 Å². The van der Waals surface area contributed by atoms with Gasteiger partial charge >= 0.3 is 0 Å². The van der Waals surface area contributed by atoms with Gasteiger partial charge in [0.05, 0.1) is 20.8 Å². The predicted octanol–water partition coefficient (Wildman–Crippen LogP) is 2.79. The second kappa shape index (κ2) is 5.81. The van der Waals surface area contributed by atoms with Crippen LogP contribution in [-0.4, -0.2) is 25.7 Å². The quantitative estimate of drug-likeness (QED) is 0.859. The lowest BCUT2D eigenvalue weighted by atomic mass is 9.83. The fourth-order valence-electron chi connectivity index (χ4n) is 2.56. The van der Waals surface area contributed by atoms with Gasteiger partial charge in [0.2, 0.25) is 10.0 Å². The van der Waals surface area contributed by atoms with Crippen molar-refractivity contribution < 1.29 is 13.5 Å². The van der Waals surface area contributed by atoms with Crippen molar-refractivity contribution in [2.75, 3.05) is 6.61 Å². The molecule has 1 fully saturated rings. The van der Waals surface area contributed by atoms with Crippen molar-refractivity contribution in [1.82, 2.24) is 4.72 Å². The summed E-state index contributed by atoms with van der Waals surface area (Å²) in [7, 11) is -3.57. The lowest BCUT2D eigenvalue weighted by Gasteiger charge is -2.35. The van der Waals surface area contributed by atoms with E-state index >= 15 is 0 Å². The summed E-state index contributed by atoms with van der Waals surface area (Å²) in [5, 5.41) is 9.59. The van der Waals surface area contributed by atoms with E-state index in [1.807, 2.05) is 0 Å². The van der Waals surface area contributed by atoms with Gasteiger partial charge in [-0.2, -0.15) is 0 Å². The Bertz CT molecular complexity index is 547. The first-order valence-electron chi connectivity index (χ1n) is 6.29. The Balaban J connectivity index is 2.27. The molecule has 0 aromatic carbocycles. The Morgan fingerprint density at radius 2 is 2.05 bits per heavy atom. The van der Waals surface area contributed by atoms with Gasteiger partial charge in [0.25, 0.3) is 0 Å². The van der Waals surface area contributed by atoms with Gasteiger partial charge in [-0.25, -0.2) is 13.1 Å². The highest BCUT2D eigenvalue weighted by molar-refractivity contribution is 9.11. The molecule has 1 aromatic heterocycles. The van der Waals surface area contributed by atoms with Crippen LogP contribution in [0.2, 0.25) is 0 Å². The number of hydrogen-bond donors (Lipinski definition) is 2. The van der Waals surface area contributed by atoms with Gasteiger partial charge in [0.15, 0.2) is 0 Å². The maximum Gasteiger partial charge on any atom is 0.242 e. The zero-order chi connectivity index (χ0) is 14.1. The Kier molecular flexibility index (Phi) is 4.72. The highest BCUT2D eigenvalue weighted by Gasteiger charge is 2.36. The van der Waals surface area contributed by atoms with Crippen LogP contribution in [-0.2, 0) is 10.0 Å². The van der Waals surface area contributed by atoms with E-state index in [1.165, 1.54) is 11.3 Å². The van der Waals surface area contributed by atoms with Crippen molar-refractivity contribution in [3.8, 4) is 0 Å². The molecule has 1 aliphatic carbocycles. The Morgan fingerprint density at radius 1 is 1.42 bits per heavy atom. The number of sulfonamides is 1. The van der Waals surface area contributed by atoms with Crippen LogP contribution in [0.1, 0.15) is 37.0 Å².